The fourth-order valence-corrected chi connectivity index (χ4v) is 14.5. The van der Waals surface area contributed by atoms with E-state index in [1.807, 2.05) is 0 Å². The highest BCUT2D eigenvalue weighted by molar-refractivity contribution is 7.47. The molecular formula is C83H162O17P2. The second-order valence-corrected chi connectivity index (χ2v) is 33.3. The molecule has 0 aromatic carbocycles. The molecule has 0 aromatic rings. The van der Waals surface area contributed by atoms with E-state index in [1.165, 1.54) is 257 Å². The number of phosphoric ester groups is 2. The number of phosphoric acid groups is 2. The lowest BCUT2D eigenvalue weighted by Crippen LogP contribution is -2.30. The smallest absolute Gasteiger partial charge is 0.462 e. The molecular weight excluding hydrogens is 1330 g/mol. The molecule has 2 unspecified atom stereocenters. The van der Waals surface area contributed by atoms with Gasteiger partial charge in [0.25, 0.3) is 0 Å². The number of aliphatic hydroxyl groups is 1. The van der Waals surface area contributed by atoms with Crippen LogP contribution in [0.25, 0.3) is 0 Å². The number of aliphatic hydroxyl groups excluding tert-OH is 1. The van der Waals surface area contributed by atoms with Gasteiger partial charge in [0.2, 0.25) is 0 Å². The van der Waals surface area contributed by atoms with Crippen LogP contribution >= 0.6 is 15.6 Å². The third-order valence-electron chi connectivity index (χ3n) is 19.5. The van der Waals surface area contributed by atoms with Crippen LogP contribution in [0, 0.1) is 5.92 Å². The molecule has 0 saturated carbocycles. The van der Waals surface area contributed by atoms with E-state index in [-0.39, 0.29) is 25.7 Å². The van der Waals surface area contributed by atoms with Crippen molar-refractivity contribution in [2.75, 3.05) is 39.6 Å². The highest BCUT2D eigenvalue weighted by Gasteiger charge is 2.30. The number of unbranched alkanes of at least 4 members (excludes halogenated alkanes) is 55. The molecule has 5 atom stereocenters. The highest BCUT2D eigenvalue weighted by Crippen LogP contribution is 2.45. The molecule has 0 aliphatic heterocycles. The molecule has 0 radical (unpaired) electrons. The average molecular weight is 1490 g/mol. The molecule has 0 heterocycles. The van der Waals surface area contributed by atoms with Crippen molar-refractivity contribution in [1.82, 2.24) is 0 Å². The normalized spacial score (nSPS) is 13.8. The van der Waals surface area contributed by atoms with Gasteiger partial charge < -0.3 is 33.8 Å². The largest absolute Gasteiger partial charge is 0.472 e. The van der Waals surface area contributed by atoms with Crippen molar-refractivity contribution in [3.8, 4) is 0 Å². The Hall–Kier alpha value is -1.94. The quantitative estimate of drug-likeness (QED) is 0.0222. The van der Waals surface area contributed by atoms with Gasteiger partial charge in [-0.1, -0.05) is 394 Å². The van der Waals surface area contributed by atoms with Crippen molar-refractivity contribution in [3.63, 3.8) is 0 Å². The van der Waals surface area contributed by atoms with Crippen molar-refractivity contribution < 1.29 is 80.2 Å². The minimum absolute atomic E-state index is 0.108. The molecule has 0 amide bonds. The van der Waals surface area contributed by atoms with Crippen LogP contribution in [0.3, 0.4) is 0 Å². The lowest BCUT2D eigenvalue weighted by molar-refractivity contribution is -0.161. The zero-order valence-electron chi connectivity index (χ0n) is 66.8. The topological polar surface area (TPSA) is 237 Å². The molecule has 0 spiro atoms. The van der Waals surface area contributed by atoms with Gasteiger partial charge in [-0.2, -0.15) is 0 Å². The van der Waals surface area contributed by atoms with Gasteiger partial charge in [0.05, 0.1) is 26.4 Å². The Morgan fingerprint density at radius 3 is 0.667 bits per heavy atom. The first-order valence-corrected chi connectivity index (χ1v) is 46.1. The second-order valence-electron chi connectivity index (χ2n) is 30.3. The Kier molecular flexibility index (Phi) is 74.4. The summed E-state index contributed by atoms with van der Waals surface area (Å²) in [6, 6.07) is 0. The minimum Gasteiger partial charge on any atom is -0.462 e. The Labute approximate surface area is 626 Å². The number of carbonyl (C=O) groups excluding carboxylic acids is 4. The first-order valence-electron chi connectivity index (χ1n) is 43.1. The molecule has 3 N–H and O–H groups in total. The highest BCUT2D eigenvalue weighted by atomic mass is 31.2. The number of rotatable bonds is 83. The maximum atomic E-state index is 13.1. The van der Waals surface area contributed by atoms with E-state index in [9.17, 15) is 43.2 Å². The lowest BCUT2D eigenvalue weighted by Gasteiger charge is -2.21. The van der Waals surface area contributed by atoms with E-state index in [4.69, 9.17) is 37.0 Å². The molecule has 102 heavy (non-hydrogen) atoms. The molecule has 0 fully saturated rings. The molecule has 0 aliphatic carbocycles. The summed E-state index contributed by atoms with van der Waals surface area (Å²) in [5.74, 6) is -1.30. The van der Waals surface area contributed by atoms with Crippen LogP contribution in [0.1, 0.15) is 446 Å². The third kappa shape index (κ3) is 76.3. The van der Waals surface area contributed by atoms with Crippen LogP contribution in [-0.2, 0) is 65.4 Å². The van der Waals surface area contributed by atoms with Crippen LogP contribution in [0.15, 0.2) is 0 Å². The molecule has 0 aliphatic rings. The summed E-state index contributed by atoms with van der Waals surface area (Å²) in [7, 11) is -9.92. The van der Waals surface area contributed by atoms with Gasteiger partial charge in [-0.15, -0.1) is 0 Å². The van der Waals surface area contributed by atoms with Crippen molar-refractivity contribution in [2.45, 2.75) is 464 Å². The third-order valence-corrected chi connectivity index (χ3v) is 21.4. The van der Waals surface area contributed by atoms with E-state index in [0.717, 1.165) is 109 Å². The zero-order chi connectivity index (χ0) is 74.8. The van der Waals surface area contributed by atoms with Crippen LogP contribution < -0.4 is 0 Å². The fraction of sp³-hybridized carbons (Fsp3) is 0.952. The Morgan fingerprint density at radius 2 is 0.451 bits per heavy atom. The summed E-state index contributed by atoms with van der Waals surface area (Å²) >= 11 is 0. The summed E-state index contributed by atoms with van der Waals surface area (Å²) in [6.07, 6.45) is 68.2. The molecule has 17 nitrogen and oxygen atoms in total. The van der Waals surface area contributed by atoms with Gasteiger partial charge in [-0.25, -0.2) is 9.13 Å². The molecule has 19 heteroatoms. The monoisotopic (exact) mass is 1490 g/mol. The van der Waals surface area contributed by atoms with E-state index < -0.39 is 97.5 Å². The van der Waals surface area contributed by atoms with Crippen molar-refractivity contribution >= 4 is 39.5 Å². The maximum absolute atomic E-state index is 13.1. The Morgan fingerprint density at radius 1 is 0.265 bits per heavy atom. The predicted molar refractivity (Wildman–Crippen MR) is 418 cm³/mol. The zero-order valence-corrected chi connectivity index (χ0v) is 68.5. The average Bonchev–Trinajstić information content (AvgIpc) is 0.945. The SMILES string of the molecule is CCCCCCCCCCCCCCCCCCCCCCCC(=O)O[C@H](COC(=O)CCCCCCCCCCCCCCCCCC(C)C)COP(=O)(O)OC[C@@H](O)COP(=O)(O)OC[C@@H](COC(=O)CCCCCCCCC)OC(=O)CCCCCCCCCCCCCCCCCC. The van der Waals surface area contributed by atoms with Crippen LogP contribution in [-0.4, -0.2) is 96.7 Å². The Bertz CT molecular complexity index is 1940. The lowest BCUT2D eigenvalue weighted by atomic mass is 10.0. The summed E-state index contributed by atoms with van der Waals surface area (Å²) in [5, 5.41) is 10.6. The molecule has 0 rings (SSSR count). The number of esters is 4. The number of carbonyl (C=O) groups is 4. The van der Waals surface area contributed by atoms with Gasteiger partial charge in [-0.3, -0.25) is 37.3 Å². The van der Waals surface area contributed by atoms with E-state index >= 15 is 0 Å². The number of ether oxygens (including phenoxy) is 4. The van der Waals surface area contributed by atoms with Crippen molar-refractivity contribution in [1.29, 1.82) is 0 Å². The number of hydrogen-bond acceptors (Lipinski definition) is 15. The second kappa shape index (κ2) is 75.9. The summed E-state index contributed by atoms with van der Waals surface area (Å²) in [4.78, 5) is 72.9. The van der Waals surface area contributed by atoms with Crippen LogP contribution in [0.4, 0.5) is 0 Å². The first-order chi connectivity index (χ1) is 49.5. The van der Waals surface area contributed by atoms with Gasteiger partial charge in [-0.05, 0) is 31.6 Å². The van der Waals surface area contributed by atoms with Crippen LogP contribution in [0.2, 0.25) is 0 Å². The van der Waals surface area contributed by atoms with Gasteiger partial charge in [0.15, 0.2) is 12.2 Å². The minimum atomic E-state index is -4.96. The van der Waals surface area contributed by atoms with E-state index in [1.54, 1.807) is 0 Å². The molecule has 0 saturated heterocycles. The standard InChI is InChI=1S/C83H162O17P2/c1-6-9-12-15-18-20-22-24-26-28-29-30-31-32-36-41-45-49-54-59-64-69-83(88)100-79(73-94-81(86)67-62-57-52-47-43-39-37-33-34-38-42-46-51-55-60-65-76(4)5)75-98-102(91,92)96-71-77(84)70-95-101(89,90)97-74-78(72-93-80(85)66-61-56-50-17-14-11-8-3)99-82(87)68-63-58-53-48-44-40-35-27-25-23-21-19-16-13-10-7-2/h76-79,84H,6-75H2,1-5H3,(H,89,90)(H,91,92)/t77-,78+,79+/m0/s1. The molecule has 0 aromatic heterocycles. The summed E-state index contributed by atoms with van der Waals surface area (Å²) in [6.45, 7) is 7.33. The number of hydrogen-bond donors (Lipinski definition) is 3. The molecule has 606 valence electrons. The van der Waals surface area contributed by atoms with Gasteiger partial charge in [0.1, 0.15) is 19.3 Å². The van der Waals surface area contributed by atoms with Crippen molar-refractivity contribution in [3.05, 3.63) is 0 Å². The summed E-state index contributed by atoms with van der Waals surface area (Å²) in [5.41, 5.74) is 0. The first kappa shape index (κ1) is 100. The summed E-state index contributed by atoms with van der Waals surface area (Å²) < 4.78 is 68.7. The van der Waals surface area contributed by atoms with E-state index in [0.29, 0.717) is 25.7 Å². The fourth-order valence-electron chi connectivity index (χ4n) is 12.9. The predicted octanol–water partition coefficient (Wildman–Crippen LogP) is 25.2. The Balaban J connectivity index is 5.16. The molecule has 0 bridgehead atoms. The van der Waals surface area contributed by atoms with Crippen molar-refractivity contribution in [2.24, 2.45) is 5.92 Å². The van der Waals surface area contributed by atoms with Crippen LogP contribution in [0.5, 0.6) is 0 Å². The maximum Gasteiger partial charge on any atom is 0.472 e. The van der Waals surface area contributed by atoms with E-state index in [2.05, 4.69) is 34.6 Å². The van der Waals surface area contributed by atoms with Gasteiger partial charge >= 0.3 is 39.5 Å². The van der Waals surface area contributed by atoms with Gasteiger partial charge in [0, 0.05) is 25.7 Å².